The van der Waals surface area contributed by atoms with Gasteiger partial charge in [-0.1, -0.05) is 0 Å². The minimum Gasteiger partial charge on any atom is -0.467 e. The van der Waals surface area contributed by atoms with Gasteiger partial charge in [0, 0.05) is 12.1 Å². The summed E-state index contributed by atoms with van der Waals surface area (Å²) in [6, 6.07) is 3.52. The SMILES string of the molecule is CC(CC(O)c1ccco1)NC1CCCS(=O)(=O)C1. The van der Waals surface area contributed by atoms with Gasteiger partial charge in [0.2, 0.25) is 0 Å². The van der Waals surface area contributed by atoms with Gasteiger partial charge >= 0.3 is 0 Å². The Morgan fingerprint density at radius 2 is 2.37 bits per heavy atom. The Kier molecular flexibility index (Phi) is 4.65. The molecular weight excluding hydrogens is 266 g/mol. The normalized spacial score (nSPS) is 25.9. The predicted octanol–water partition coefficient (Wildman–Crippen LogP) is 1.26. The molecule has 3 unspecified atom stereocenters. The zero-order valence-corrected chi connectivity index (χ0v) is 11.9. The van der Waals surface area contributed by atoms with Crippen LogP contribution in [0.15, 0.2) is 22.8 Å². The zero-order valence-electron chi connectivity index (χ0n) is 11.1. The quantitative estimate of drug-likeness (QED) is 0.852. The van der Waals surface area contributed by atoms with Crippen molar-refractivity contribution in [2.24, 2.45) is 0 Å². The summed E-state index contributed by atoms with van der Waals surface area (Å²) in [6.45, 7) is 1.95. The molecule has 6 heteroatoms. The second kappa shape index (κ2) is 6.07. The van der Waals surface area contributed by atoms with Crippen molar-refractivity contribution in [2.75, 3.05) is 11.5 Å². The van der Waals surface area contributed by atoms with Gasteiger partial charge < -0.3 is 14.8 Å². The third-order valence-electron chi connectivity index (χ3n) is 3.43. The van der Waals surface area contributed by atoms with Crippen LogP contribution in [0.2, 0.25) is 0 Å². The van der Waals surface area contributed by atoms with Crippen LogP contribution in [0.25, 0.3) is 0 Å². The number of hydrogen-bond donors (Lipinski definition) is 2. The molecule has 1 aliphatic heterocycles. The van der Waals surface area contributed by atoms with Crippen LogP contribution >= 0.6 is 0 Å². The van der Waals surface area contributed by atoms with E-state index < -0.39 is 15.9 Å². The minimum atomic E-state index is -2.89. The number of sulfone groups is 1. The molecule has 1 fully saturated rings. The summed E-state index contributed by atoms with van der Waals surface area (Å²) in [7, 11) is -2.89. The number of rotatable bonds is 5. The largest absolute Gasteiger partial charge is 0.467 e. The average molecular weight is 287 g/mol. The molecule has 0 saturated carbocycles. The molecule has 0 spiro atoms. The fourth-order valence-electron chi connectivity index (χ4n) is 2.56. The lowest BCUT2D eigenvalue weighted by atomic mass is 10.1. The van der Waals surface area contributed by atoms with Gasteiger partial charge in [-0.05, 0) is 38.3 Å². The second-order valence-corrected chi connectivity index (χ2v) is 7.52. The van der Waals surface area contributed by atoms with Crippen LogP contribution in [0, 0.1) is 0 Å². The first-order valence-electron chi connectivity index (χ1n) is 6.64. The molecule has 1 aromatic rings. The third kappa shape index (κ3) is 4.33. The first-order valence-corrected chi connectivity index (χ1v) is 8.46. The highest BCUT2D eigenvalue weighted by atomic mass is 32.2. The fraction of sp³-hybridized carbons (Fsp3) is 0.692. The summed E-state index contributed by atoms with van der Waals surface area (Å²) >= 11 is 0. The van der Waals surface area contributed by atoms with Gasteiger partial charge in [0.1, 0.15) is 11.9 Å². The van der Waals surface area contributed by atoms with Gasteiger partial charge in [-0.3, -0.25) is 0 Å². The van der Waals surface area contributed by atoms with Gasteiger partial charge in [0.05, 0.1) is 17.8 Å². The van der Waals surface area contributed by atoms with E-state index in [-0.39, 0.29) is 17.8 Å². The molecule has 2 rings (SSSR count). The summed E-state index contributed by atoms with van der Waals surface area (Å²) in [5, 5.41) is 13.2. The molecular formula is C13H21NO4S. The van der Waals surface area contributed by atoms with E-state index in [1.54, 1.807) is 12.1 Å². The first kappa shape index (κ1) is 14.6. The predicted molar refractivity (Wildman–Crippen MR) is 72.6 cm³/mol. The number of aliphatic hydroxyl groups is 1. The lowest BCUT2D eigenvalue weighted by Gasteiger charge is -2.27. The molecule has 19 heavy (non-hydrogen) atoms. The molecule has 1 aromatic heterocycles. The number of furan rings is 1. The fourth-order valence-corrected chi connectivity index (χ4v) is 4.21. The van der Waals surface area contributed by atoms with Crippen molar-refractivity contribution in [1.82, 2.24) is 5.32 Å². The van der Waals surface area contributed by atoms with Gasteiger partial charge in [-0.15, -0.1) is 0 Å². The highest BCUT2D eigenvalue weighted by Crippen LogP contribution is 2.20. The molecule has 5 nitrogen and oxygen atoms in total. The van der Waals surface area contributed by atoms with E-state index in [1.807, 2.05) is 6.92 Å². The van der Waals surface area contributed by atoms with E-state index in [0.29, 0.717) is 24.4 Å². The molecule has 1 aliphatic rings. The van der Waals surface area contributed by atoms with Crippen LogP contribution in [0.4, 0.5) is 0 Å². The highest BCUT2D eigenvalue weighted by molar-refractivity contribution is 7.91. The molecule has 108 valence electrons. The lowest BCUT2D eigenvalue weighted by Crippen LogP contribution is -2.44. The van der Waals surface area contributed by atoms with E-state index in [4.69, 9.17) is 4.42 Å². The number of nitrogens with one attached hydrogen (secondary N) is 1. The third-order valence-corrected chi connectivity index (χ3v) is 5.25. The molecule has 2 N–H and O–H groups in total. The summed E-state index contributed by atoms with van der Waals surface area (Å²) in [6.07, 6.45) is 2.97. The van der Waals surface area contributed by atoms with E-state index >= 15 is 0 Å². The van der Waals surface area contributed by atoms with Gasteiger partial charge in [0.25, 0.3) is 0 Å². The maximum Gasteiger partial charge on any atom is 0.151 e. The smallest absolute Gasteiger partial charge is 0.151 e. The van der Waals surface area contributed by atoms with E-state index in [9.17, 15) is 13.5 Å². The molecule has 0 radical (unpaired) electrons. The summed E-state index contributed by atoms with van der Waals surface area (Å²) in [5.41, 5.74) is 0. The van der Waals surface area contributed by atoms with Crippen LogP contribution in [0.5, 0.6) is 0 Å². The molecule has 0 bridgehead atoms. The van der Waals surface area contributed by atoms with Crippen LogP contribution in [-0.4, -0.2) is 37.1 Å². The molecule has 0 aromatic carbocycles. The highest BCUT2D eigenvalue weighted by Gasteiger charge is 2.26. The van der Waals surface area contributed by atoms with Crippen molar-refractivity contribution in [3.05, 3.63) is 24.2 Å². The summed E-state index contributed by atoms with van der Waals surface area (Å²) in [4.78, 5) is 0. The maximum atomic E-state index is 11.5. The Balaban J connectivity index is 1.82. The van der Waals surface area contributed by atoms with Gasteiger partial charge in [-0.2, -0.15) is 0 Å². The molecule has 0 amide bonds. The number of aliphatic hydroxyl groups excluding tert-OH is 1. The Labute approximate surface area is 113 Å². The number of hydrogen-bond acceptors (Lipinski definition) is 5. The van der Waals surface area contributed by atoms with Crippen molar-refractivity contribution in [2.45, 2.75) is 44.4 Å². The Bertz CT molecular complexity index is 483. The van der Waals surface area contributed by atoms with Crippen molar-refractivity contribution >= 4 is 9.84 Å². The topological polar surface area (TPSA) is 79.5 Å². The summed E-state index contributed by atoms with van der Waals surface area (Å²) < 4.78 is 28.2. The van der Waals surface area contributed by atoms with Crippen LogP contribution in [-0.2, 0) is 9.84 Å². The second-order valence-electron chi connectivity index (χ2n) is 5.29. The Hall–Kier alpha value is -0.850. The molecule has 1 saturated heterocycles. The van der Waals surface area contributed by atoms with E-state index in [1.165, 1.54) is 6.26 Å². The van der Waals surface area contributed by atoms with Crippen LogP contribution < -0.4 is 5.32 Å². The summed E-state index contributed by atoms with van der Waals surface area (Å²) in [5.74, 6) is 1.05. The van der Waals surface area contributed by atoms with E-state index in [2.05, 4.69) is 5.32 Å². The first-order chi connectivity index (χ1) is 8.96. The van der Waals surface area contributed by atoms with Crippen molar-refractivity contribution < 1.29 is 17.9 Å². The minimum absolute atomic E-state index is 0.00227. The van der Waals surface area contributed by atoms with Crippen LogP contribution in [0.1, 0.15) is 38.1 Å². The Morgan fingerprint density at radius 3 is 3.00 bits per heavy atom. The zero-order chi connectivity index (χ0) is 13.9. The lowest BCUT2D eigenvalue weighted by molar-refractivity contribution is 0.127. The van der Waals surface area contributed by atoms with Crippen molar-refractivity contribution in [3.8, 4) is 0 Å². The molecule has 2 heterocycles. The van der Waals surface area contributed by atoms with E-state index in [0.717, 1.165) is 6.42 Å². The van der Waals surface area contributed by atoms with Gasteiger partial charge in [-0.25, -0.2) is 8.42 Å². The van der Waals surface area contributed by atoms with Crippen molar-refractivity contribution in [3.63, 3.8) is 0 Å². The average Bonchev–Trinajstić information content (AvgIpc) is 2.80. The maximum absolute atomic E-state index is 11.5. The Morgan fingerprint density at radius 1 is 1.58 bits per heavy atom. The van der Waals surface area contributed by atoms with Crippen LogP contribution in [0.3, 0.4) is 0 Å². The molecule has 0 aliphatic carbocycles. The monoisotopic (exact) mass is 287 g/mol. The van der Waals surface area contributed by atoms with Crippen molar-refractivity contribution in [1.29, 1.82) is 0 Å². The van der Waals surface area contributed by atoms with Gasteiger partial charge in [0.15, 0.2) is 9.84 Å². The molecule has 3 atom stereocenters. The standard InChI is InChI=1S/C13H21NO4S/c1-10(8-12(15)13-5-2-6-18-13)14-11-4-3-7-19(16,17)9-11/h2,5-6,10-12,14-15H,3-4,7-9H2,1H3.